The number of hydrogen-bond acceptors (Lipinski definition) is 6. The molecule has 0 amide bonds. The number of hydrogen-bond donors (Lipinski definition) is 0. The summed E-state index contributed by atoms with van der Waals surface area (Å²) in [7, 11) is 0. The molecule has 3 heterocycles. The first-order chi connectivity index (χ1) is 10.7. The molecular formula is C16H19NO4S. The number of rotatable bonds is 5. The summed E-state index contributed by atoms with van der Waals surface area (Å²) in [6, 6.07) is 3.89. The third-order valence-electron chi connectivity index (χ3n) is 3.64. The predicted octanol–water partition coefficient (Wildman–Crippen LogP) is 3.37. The SMILES string of the molecule is Cc1oc(-c2cccs2)nc1CC(=O)OCC1CCCCO1. The smallest absolute Gasteiger partial charge is 0.312 e. The highest BCUT2D eigenvalue weighted by atomic mass is 32.1. The van der Waals surface area contributed by atoms with Crippen LogP contribution < -0.4 is 0 Å². The maximum Gasteiger partial charge on any atom is 0.312 e. The van der Waals surface area contributed by atoms with E-state index in [-0.39, 0.29) is 18.5 Å². The Bertz CT molecular complexity index is 614. The highest BCUT2D eigenvalue weighted by Crippen LogP contribution is 2.26. The molecular weight excluding hydrogens is 302 g/mol. The van der Waals surface area contributed by atoms with Gasteiger partial charge in [-0.15, -0.1) is 11.3 Å². The third kappa shape index (κ3) is 3.75. The van der Waals surface area contributed by atoms with Crippen molar-refractivity contribution in [1.29, 1.82) is 0 Å². The van der Waals surface area contributed by atoms with Crippen LogP contribution in [0.2, 0.25) is 0 Å². The highest BCUT2D eigenvalue weighted by Gasteiger charge is 2.19. The lowest BCUT2D eigenvalue weighted by atomic mass is 10.1. The number of carbonyl (C=O) groups excluding carboxylic acids is 1. The van der Waals surface area contributed by atoms with Gasteiger partial charge in [-0.3, -0.25) is 4.79 Å². The van der Waals surface area contributed by atoms with E-state index in [0.717, 1.165) is 30.7 Å². The van der Waals surface area contributed by atoms with Crippen LogP contribution in [0, 0.1) is 6.92 Å². The summed E-state index contributed by atoms with van der Waals surface area (Å²) >= 11 is 1.56. The van der Waals surface area contributed by atoms with Gasteiger partial charge in [-0.05, 0) is 37.6 Å². The molecule has 1 saturated heterocycles. The molecule has 0 radical (unpaired) electrons. The van der Waals surface area contributed by atoms with E-state index >= 15 is 0 Å². The molecule has 0 saturated carbocycles. The topological polar surface area (TPSA) is 61.6 Å². The Hall–Kier alpha value is -1.66. The zero-order chi connectivity index (χ0) is 15.4. The Morgan fingerprint density at radius 2 is 2.41 bits per heavy atom. The lowest BCUT2D eigenvalue weighted by Crippen LogP contribution is -2.26. The predicted molar refractivity (Wildman–Crippen MR) is 82.8 cm³/mol. The molecule has 0 aromatic carbocycles. The Morgan fingerprint density at radius 1 is 1.50 bits per heavy atom. The highest BCUT2D eigenvalue weighted by molar-refractivity contribution is 7.13. The molecule has 5 nitrogen and oxygen atoms in total. The van der Waals surface area contributed by atoms with Gasteiger partial charge in [-0.2, -0.15) is 0 Å². The minimum absolute atomic E-state index is 0.0396. The van der Waals surface area contributed by atoms with Crippen LogP contribution in [-0.2, 0) is 20.7 Å². The standard InChI is InChI=1S/C16H19NO4S/c1-11-13(17-16(21-11)14-6-4-8-22-14)9-15(18)20-10-12-5-2-3-7-19-12/h4,6,8,12H,2-3,5,7,9-10H2,1H3. The number of carbonyl (C=O) groups is 1. The van der Waals surface area contributed by atoms with Crippen LogP contribution in [0.15, 0.2) is 21.9 Å². The molecule has 0 spiro atoms. The molecule has 0 aliphatic carbocycles. The van der Waals surface area contributed by atoms with Crippen LogP contribution in [-0.4, -0.2) is 30.3 Å². The lowest BCUT2D eigenvalue weighted by molar-refractivity contribution is -0.148. The van der Waals surface area contributed by atoms with Crippen LogP contribution in [0.4, 0.5) is 0 Å². The monoisotopic (exact) mass is 321 g/mol. The summed E-state index contributed by atoms with van der Waals surface area (Å²) in [5.74, 6) is 0.934. The second kappa shape index (κ2) is 7.07. The quantitative estimate of drug-likeness (QED) is 0.790. The number of oxazole rings is 1. The zero-order valence-corrected chi connectivity index (χ0v) is 13.4. The minimum Gasteiger partial charge on any atom is -0.463 e. The first kappa shape index (κ1) is 15.2. The van der Waals surface area contributed by atoms with Gasteiger partial charge in [0.05, 0.1) is 23.1 Å². The fourth-order valence-corrected chi connectivity index (χ4v) is 3.06. The van der Waals surface area contributed by atoms with E-state index in [4.69, 9.17) is 13.9 Å². The van der Waals surface area contributed by atoms with Crippen molar-refractivity contribution in [2.45, 2.75) is 38.7 Å². The molecule has 1 aliphatic rings. The van der Waals surface area contributed by atoms with Crippen molar-refractivity contribution >= 4 is 17.3 Å². The maximum absolute atomic E-state index is 11.9. The third-order valence-corrected chi connectivity index (χ3v) is 4.50. The largest absolute Gasteiger partial charge is 0.463 e. The number of ether oxygens (including phenoxy) is 2. The Balaban J connectivity index is 1.55. The normalized spacial score (nSPS) is 18.3. The molecule has 22 heavy (non-hydrogen) atoms. The zero-order valence-electron chi connectivity index (χ0n) is 12.5. The van der Waals surface area contributed by atoms with Gasteiger partial charge in [0.2, 0.25) is 5.89 Å². The number of nitrogens with zero attached hydrogens (tertiary/aromatic N) is 1. The van der Waals surface area contributed by atoms with Crippen LogP contribution >= 0.6 is 11.3 Å². The van der Waals surface area contributed by atoms with E-state index in [0.29, 0.717) is 24.0 Å². The van der Waals surface area contributed by atoms with Gasteiger partial charge >= 0.3 is 5.97 Å². The van der Waals surface area contributed by atoms with Crippen molar-refractivity contribution < 1.29 is 18.7 Å². The van der Waals surface area contributed by atoms with E-state index < -0.39 is 0 Å². The van der Waals surface area contributed by atoms with Crippen LogP contribution in [0.5, 0.6) is 0 Å². The average Bonchev–Trinajstić information content (AvgIpc) is 3.17. The molecule has 3 rings (SSSR count). The molecule has 0 N–H and O–H groups in total. The number of thiophene rings is 1. The van der Waals surface area contributed by atoms with Gasteiger partial charge in [0.25, 0.3) is 0 Å². The van der Waals surface area contributed by atoms with Crippen molar-refractivity contribution in [1.82, 2.24) is 4.98 Å². The van der Waals surface area contributed by atoms with Crippen molar-refractivity contribution in [3.05, 3.63) is 29.0 Å². The van der Waals surface area contributed by atoms with E-state index in [2.05, 4.69) is 4.98 Å². The second-order valence-electron chi connectivity index (χ2n) is 5.35. The maximum atomic E-state index is 11.9. The van der Waals surface area contributed by atoms with Crippen molar-refractivity contribution in [3.8, 4) is 10.8 Å². The Morgan fingerprint density at radius 3 is 3.14 bits per heavy atom. The fourth-order valence-electron chi connectivity index (χ4n) is 2.41. The second-order valence-corrected chi connectivity index (χ2v) is 6.30. The van der Waals surface area contributed by atoms with Crippen molar-refractivity contribution in [3.63, 3.8) is 0 Å². The number of aryl methyl sites for hydroxylation is 1. The van der Waals surface area contributed by atoms with Gasteiger partial charge in [0, 0.05) is 6.61 Å². The average molecular weight is 321 g/mol. The summed E-state index contributed by atoms with van der Waals surface area (Å²) in [5.41, 5.74) is 0.637. The van der Waals surface area contributed by atoms with Gasteiger partial charge in [-0.25, -0.2) is 4.98 Å². The summed E-state index contributed by atoms with van der Waals surface area (Å²) in [5, 5.41) is 1.97. The van der Waals surface area contributed by atoms with Crippen LogP contribution in [0.1, 0.15) is 30.7 Å². The van der Waals surface area contributed by atoms with E-state index in [9.17, 15) is 4.79 Å². The molecule has 1 atom stereocenters. The van der Waals surface area contributed by atoms with Crippen LogP contribution in [0.25, 0.3) is 10.8 Å². The molecule has 1 unspecified atom stereocenters. The molecule has 118 valence electrons. The first-order valence-corrected chi connectivity index (χ1v) is 8.38. The summed E-state index contributed by atoms with van der Waals surface area (Å²) in [6.45, 7) is 2.90. The molecule has 6 heteroatoms. The molecule has 2 aromatic rings. The van der Waals surface area contributed by atoms with Gasteiger partial charge < -0.3 is 13.9 Å². The van der Waals surface area contributed by atoms with Crippen LogP contribution in [0.3, 0.4) is 0 Å². The van der Waals surface area contributed by atoms with Crippen molar-refractivity contribution in [2.24, 2.45) is 0 Å². The van der Waals surface area contributed by atoms with Crippen molar-refractivity contribution in [2.75, 3.05) is 13.2 Å². The summed E-state index contributed by atoms with van der Waals surface area (Å²) < 4.78 is 16.5. The Kier molecular flexibility index (Phi) is 4.90. The lowest BCUT2D eigenvalue weighted by Gasteiger charge is -2.21. The fraction of sp³-hybridized carbons (Fsp3) is 0.500. The van der Waals surface area contributed by atoms with E-state index in [1.807, 2.05) is 24.4 Å². The summed E-state index contributed by atoms with van der Waals surface area (Å²) in [4.78, 5) is 17.3. The Labute approximate surface area is 133 Å². The molecule has 2 aromatic heterocycles. The number of aromatic nitrogens is 1. The molecule has 1 fully saturated rings. The van der Waals surface area contributed by atoms with E-state index in [1.165, 1.54) is 0 Å². The van der Waals surface area contributed by atoms with Gasteiger partial charge in [-0.1, -0.05) is 6.07 Å². The number of esters is 1. The molecule has 1 aliphatic heterocycles. The van der Waals surface area contributed by atoms with Gasteiger partial charge in [0.15, 0.2) is 0 Å². The van der Waals surface area contributed by atoms with E-state index in [1.54, 1.807) is 11.3 Å². The van der Waals surface area contributed by atoms with Gasteiger partial charge in [0.1, 0.15) is 12.4 Å². The molecule has 0 bridgehead atoms. The summed E-state index contributed by atoms with van der Waals surface area (Å²) in [6.07, 6.45) is 3.35. The first-order valence-electron chi connectivity index (χ1n) is 7.50. The minimum atomic E-state index is -0.289.